The summed E-state index contributed by atoms with van der Waals surface area (Å²) in [4.78, 5) is 24.7. The zero-order valence-corrected chi connectivity index (χ0v) is 13.8. The number of nitrogens with two attached hydrogens (primary N) is 1. The number of anilines is 1. The molecule has 0 unspecified atom stereocenters. The lowest BCUT2D eigenvalue weighted by Crippen LogP contribution is -2.95. The molecule has 0 aliphatic rings. The molecule has 0 radical (unpaired) electrons. The average molecular weight is 311 g/mol. The number of ketones is 1. The first kappa shape index (κ1) is 16.9. The van der Waals surface area contributed by atoms with E-state index in [9.17, 15) is 9.59 Å². The van der Waals surface area contributed by atoms with Gasteiger partial charge >= 0.3 is 0 Å². The number of carbonyl (C=O) groups is 2. The summed E-state index contributed by atoms with van der Waals surface area (Å²) in [6.45, 7) is 6.46. The molecule has 0 saturated carbocycles. The number of amides is 1. The Hall–Kier alpha value is -2.46. The van der Waals surface area contributed by atoms with Crippen molar-refractivity contribution in [3.8, 4) is 0 Å². The van der Waals surface area contributed by atoms with Gasteiger partial charge in [0.05, 0.1) is 11.2 Å². The number of hydrogen-bond donors (Lipinski definition) is 2. The third-order valence-corrected chi connectivity index (χ3v) is 3.38. The second-order valence-electron chi connectivity index (χ2n) is 6.56. The zero-order valence-electron chi connectivity index (χ0n) is 13.8. The van der Waals surface area contributed by atoms with Gasteiger partial charge in [0.2, 0.25) is 0 Å². The van der Waals surface area contributed by atoms with Crippen molar-refractivity contribution in [2.75, 3.05) is 11.9 Å². The van der Waals surface area contributed by atoms with Gasteiger partial charge in [0.15, 0.2) is 12.3 Å². The smallest absolute Gasteiger partial charge is 0.279 e. The van der Waals surface area contributed by atoms with E-state index in [4.69, 9.17) is 0 Å². The third-order valence-electron chi connectivity index (χ3n) is 3.38. The Kier molecular flexibility index (Phi) is 5.29. The third kappa shape index (κ3) is 5.04. The van der Waals surface area contributed by atoms with Crippen LogP contribution in [-0.2, 0) is 4.79 Å². The summed E-state index contributed by atoms with van der Waals surface area (Å²) in [6.07, 6.45) is 0. The van der Waals surface area contributed by atoms with E-state index in [0.717, 1.165) is 0 Å². The molecule has 120 valence electrons. The Morgan fingerprint density at radius 3 is 2.22 bits per heavy atom. The summed E-state index contributed by atoms with van der Waals surface area (Å²) in [5, 5.41) is 4.81. The molecule has 0 saturated heterocycles. The summed E-state index contributed by atoms with van der Waals surface area (Å²) >= 11 is 0. The van der Waals surface area contributed by atoms with E-state index in [1.165, 1.54) is 0 Å². The second-order valence-corrected chi connectivity index (χ2v) is 6.56. The van der Waals surface area contributed by atoms with Crippen molar-refractivity contribution in [2.45, 2.75) is 26.3 Å². The maximum atomic E-state index is 12.6. The minimum atomic E-state index is -0.117. The van der Waals surface area contributed by atoms with Gasteiger partial charge < -0.3 is 10.6 Å². The van der Waals surface area contributed by atoms with E-state index >= 15 is 0 Å². The maximum Gasteiger partial charge on any atom is 0.279 e. The van der Waals surface area contributed by atoms with E-state index in [1.54, 1.807) is 30.3 Å². The fourth-order valence-corrected chi connectivity index (χ4v) is 2.14. The Labute approximate surface area is 136 Å². The molecule has 1 amide bonds. The van der Waals surface area contributed by atoms with Crippen molar-refractivity contribution in [1.29, 1.82) is 0 Å². The summed E-state index contributed by atoms with van der Waals surface area (Å²) in [5.74, 6) is -0.213. The number of rotatable bonds is 5. The highest BCUT2D eigenvalue weighted by Gasteiger charge is 2.18. The fraction of sp³-hybridized carbons (Fsp3) is 0.263. The van der Waals surface area contributed by atoms with Gasteiger partial charge in [0, 0.05) is 11.1 Å². The monoisotopic (exact) mass is 311 g/mol. The molecular weight excluding hydrogens is 288 g/mol. The molecule has 3 N–H and O–H groups in total. The van der Waals surface area contributed by atoms with Crippen LogP contribution in [0, 0.1) is 0 Å². The predicted octanol–water partition coefficient (Wildman–Crippen LogP) is 2.22. The van der Waals surface area contributed by atoms with E-state index in [-0.39, 0.29) is 17.2 Å². The minimum absolute atomic E-state index is 0.0171. The molecule has 0 bridgehead atoms. The number of nitrogens with one attached hydrogen (secondary N) is 1. The van der Waals surface area contributed by atoms with Crippen molar-refractivity contribution >= 4 is 17.4 Å². The average Bonchev–Trinajstić information content (AvgIpc) is 2.53. The van der Waals surface area contributed by atoms with Crippen LogP contribution in [0.1, 0.15) is 36.7 Å². The SMILES string of the molecule is CC(C)(C)[NH2+]CC(=O)Nc1ccccc1C(=O)c1ccccc1. The van der Waals surface area contributed by atoms with Crippen molar-refractivity contribution in [2.24, 2.45) is 0 Å². The number of quaternary nitrogens is 1. The summed E-state index contributed by atoms with van der Waals surface area (Å²) in [6, 6.07) is 16.2. The molecule has 0 aliphatic heterocycles. The predicted molar refractivity (Wildman–Crippen MR) is 91.5 cm³/mol. The quantitative estimate of drug-likeness (QED) is 0.832. The molecule has 4 heteroatoms. The first-order valence-corrected chi connectivity index (χ1v) is 7.70. The molecule has 4 nitrogen and oxygen atoms in total. The highest BCUT2D eigenvalue weighted by Crippen LogP contribution is 2.19. The van der Waals surface area contributed by atoms with Crippen LogP contribution in [0.2, 0.25) is 0 Å². The molecule has 23 heavy (non-hydrogen) atoms. The number of hydrogen-bond acceptors (Lipinski definition) is 2. The summed E-state index contributed by atoms with van der Waals surface area (Å²) in [5.41, 5.74) is 1.64. The molecule has 0 heterocycles. The van der Waals surface area contributed by atoms with Gasteiger partial charge in [-0.25, -0.2) is 0 Å². The number of carbonyl (C=O) groups excluding carboxylic acids is 2. The first-order valence-electron chi connectivity index (χ1n) is 7.70. The van der Waals surface area contributed by atoms with Crippen LogP contribution in [0.25, 0.3) is 0 Å². The maximum absolute atomic E-state index is 12.6. The first-order chi connectivity index (χ1) is 10.9. The molecule has 2 rings (SSSR count). The minimum Gasteiger partial charge on any atom is -0.334 e. The topological polar surface area (TPSA) is 62.8 Å². The van der Waals surface area contributed by atoms with Crippen LogP contribution in [0.4, 0.5) is 5.69 Å². The van der Waals surface area contributed by atoms with E-state index < -0.39 is 0 Å². The fourth-order valence-electron chi connectivity index (χ4n) is 2.14. The van der Waals surface area contributed by atoms with Crippen molar-refractivity contribution in [3.63, 3.8) is 0 Å². The Bertz CT molecular complexity index is 688. The van der Waals surface area contributed by atoms with Gasteiger partial charge in [-0.05, 0) is 32.9 Å². The highest BCUT2D eigenvalue weighted by molar-refractivity contribution is 6.13. The van der Waals surface area contributed by atoms with Crippen LogP contribution in [0.3, 0.4) is 0 Å². The lowest BCUT2D eigenvalue weighted by molar-refractivity contribution is -0.707. The molecule has 0 atom stereocenters. The summed E-state index contributed by atoms with van der Waals surface area (Å²) in [7, 11) is 0. The highest BCUT2D eigenvalue weighted by atomic mass is 16.2. The largest absolute Gasteiger partial charge is 0.334 e. The van der Waals surface area contributed by atoms with E-state index in [1.807, 2.05) is 50.4 Å². The van der Waals surface area contributed by atoms with Gasteiger partial charge in [-0.1, -0.05) is 42.5 Å². The zero-order chi connectivity index (χ0) is 16.9. The molecule has 0 spiro atoms. The Morgan fingerprint density at radius 1 is 0.957 bits per heavy atom. The Morgan fingerprint density at radius 2 is 1.57 bits per heavy atom. The molecular formula is C19H23N2O2+. The lowest BCUT2D eigenvalue weighted by Gasteiger charge is -2.17. The van der Waals surface area contributed by atoms with Crippen LogP contribution in [0.5, 0.6) is 0 Å². The Balaban J connectivity index is 2.15. The molecule has 2 aromatic carbocycles. The summed E-state index contributed by atoms with van der Waals surface area (Å²) < 4.78 is 0. The number of para-hydroxylation sites is 1. The van der Waals surface area contributed by atoms with Crippen LogP contribution in [0.15, 0.2) is 54.6 Å². The molecule has 2 aromatic rings. The van der Waals surface area contributed by atoms with Crippen molar-refractivity contribution in [3.05, 3.63) is 65.7 Å². The van der Waals surface area contributed by atoms with Crippen molar-refractivity contribution in [1.82, 2.24) is 0 Å². The van der Waals surface area contributed by atoms with Gasteiger partial charge in [-0.2, -0.15) is 0 Å². The van der Waals surface area contributed by atoms with E-state index in [2.05, 4.69) is 5.32 Å². The van der Waals surface area contributed by atoms with Crippen LogP contribution in [-0.4, -0.2) is 23.8 Å². The van der Waals surface area contributed by atoms with Gasteiger partial charge in [-0.15, -0.1) is 0 Å². The molecule has 0 fully saturated rings. The lowest BCUT2D eigenvalue weighted by atomic mass is 10.0. The van der Waals surface area contributed by atoms with Gasteiger partial charge in [0.1, 0.15) is 0 Å². The normalized spacial score (nSPS) is 11.1. The number of benzene rings is 2. The molecule has 0 aromatic heterocycles. The van der Waals surface area contributed by atoms with Gasteiger partial charge in [-0.3, -0.25) is 9.59 Å². The van der Waals surface area contributed by atoms with Crippen LogP contribution < -0.4 is 10.6 Å². The standard InChI is InChI=1S/C19H22N2O2/c1-19(2,3)20-13-17(22)21-16-12-8-7-11-15(16)18(23)14-9-5-4-6-10-14/h4-12,20H,13H2,1-3H3,(H,21,22)/p+1. The van der Waals surface area contributed by atoms with Crippen molar-refractivity contribution < 1.29 is 14.9 Å². The van der Waals surface area contributed by atoms with Crippen LogP contribution >= 0.6 is 0 Å². The second kappa shape index (κ2) is 7.20. The van der Waals surface area contributed by atoms with E-state index in [0.29, 0.717) is 23.4 Å². The van der Waals surface area contributed by atoms with Gasteiger partial charge in [0.25, 0.3) is 5.91 Å². The molecule has 0 aliphatic carbocycles.